The van der Waals surface area contributed by atoms with E-state index in [9.17, 15) is 14.0 Å². The van der Waals surface area contributed by atoms with Crippen LogP contribution in [0.25, 0.3) is 0 Å². The molecule has 4 rings (SSSR count). The maximum atomic E-state index is 13.8. The lowest BCUT2D eigenvalue weighted by molar-refractivity contribution is 0.0949. The van der Waals surface area contributed by atoms with Gasteiger partial charge in [0.15, 0.2) is 5.76 Å². The van der Waals surface area contributed by atoms with Gasteiger partial charge in [-0.1, -0.05) is 23.7 Å². The van der Waals surface area contributed by atoms with Crippen LogP contribution in [0.2, 0.25) is 5.02 Å². The number of benzene rings is 2. The van der Waals surface area contributed by atoms with Gasteiger partial charge in [0.1, 0.15) is 11.6 Å². The molecule has 2 N–H and O–H groups in total. The normalized spacial score (nSPS) is 14.2. The van der Waals surface area contributed by atoms with Crippen LogP contribution in [-0.2, 0) is 6.42 Å². The van der Waals surface area contributed by atoms with Crippen molar-refractivity contribution in [3.63, 3.8) is 0 Å². The highest BCUT2D eigenvalue weighted by Crippen LogP contribution is 2.30. The Morgan fingerprint density at radius 2 is 1.81 bits per heavy atom. The summed E-state index contributed by atoms with van der Waals surface area (Å²) < 4.78 is 19.7. The summed E-state index contributed by atoms with van der Waals surface area (Å²) >= 11 is 5.88. The van der Waals surface area contributed by atoms with Gasteiger partial charge < -0.3 is 9.73 Å². The number of hydrazone groups is 1. The van der Waals surface area contributed by atoms with E-state index in [4.69, 9.17) is 16.0 Å². The van der Waals surface area contributed by atoms with E-state index in [1.165, 1.54) is 18.2 Å². The van der Waals surface area contributed by atoms with Crippen molar-refractivity contribution in [2.45, 2.75) is 26.2 Å². The molecule has 0 saturated heterocycles. The summed E-state index contributed by atoms with van der Waals surface area (Å²) in [6, 6.07) is 12.5. The third kappa shape index (κ3) is 4.36. The number of fused-ring (bicyclic) bond motifs is 1. The van der Waals surface area contributed by atoms with Gasteiger partial charge in [0.2, 0.25) is 0 Å². The van der Waals surface area contributed by atoms with Crippen molar-refractivity contribution in [1.82, 2.24) is 5.43 Å². The average Bonchev–Trinajstić information content (AvgIpc) is 3.11. The highest BCUT2D eigenvalue weighted by atomic mass is 35.5. The molecule has 0 fully saturated rings. The molecule has 0 unspecified atom stereocenters. The second kappa shape index (κ2) is 8.73. The highest BCUT2D eigenvalue weighted by molar-refractivity contribution is 6.30. The Bertz CT molecular complexity index is 1190. The van der Waals surface area contributed by atoms with Crippen LogP contribution in [0.1, 0.15) is 50.6 Å². The van der Waals surface area contributed by atoms with Crippen molar-refractivity contribution >= 4 is 34.8 Å². The summed E-state index contributed by atoms with van der Waals surface area (Å²) in [6.45, 7) is 1.78. The number of hydrogen-bond acceptors (Lipinski definition) is 4. The number of nitrogens with zero attached hydrogens (tertiary/aromatic N) is 1. The second-order valence-electron chi connectivity index (χ2n) is 7.15. The number of furan rings is 1. The minimum atomic E-state index is -0.639. The van der Waals surface area contributed by atoms with Crippen LogP contribution in [-0.4, -0.2) is 17.5 Å². The Balaban J connectivity index is 1.57. The first-order valence-corrected chi connectivity index (χ1v) is 10.1. The number of aryl methyl sites for hydroxylation is 1. The van der Waals surface area contributed by atoms with Gasteiger partial charge in [-0.2, -0.15) is 5.10 Å². The fraction of sp³-hybridized carbons (Fsp3) is 0.174. The third-order valence-corrected chi connectivity index (χ3v) is 5.30. The fourth-order valence-electron chi connectivity index (χ4n) is 3.54. The van der Waals surface area contributed by atoms with Gasteiger partial charge in [-0.05, 0) is 56.2 Å². The molecule has 0 saturated carbocycles. The van der Waals surface area contributed by atoms with Crippen LogP contribution in [0.3, 0.4) is 0 Å². The quantitative estimate of drug-likeness (QED) is 0.554. The predicted molar refractivity (Wildman–Crippen MR) is 116 cm³/mol. The lowest BCUT2D eigenvalue weighted by atomic mass is 9.93. The van der Waals surface area contributed by atoms with E-state index >= 15 is 0 Å². The predicted octanol–water partition coefficient (Wildman–Crippen LogP) is 5.10. The van der Waals surface area contributed by atoms with Crippen molar-refractivity contribution in [2.24, 2.45) is 5.10 Å². The van der Waals surface area contributed by atoms with Crippen molar-refractivity contribution in [3.05, 3.63) is 87.6 Å². The van der Waals surface area contributed by atoms with Gasteiger partial charge >= 0.3 is 0 Å². The first kappa shape index (κ1) is 20.8. The van der Waals surface area contributed by atoms with Gasteiger partial charge in [0, 0.05) is 28.3 Å². The monoisotopic (exact) mass is 439 g/mol. The van der Waals surface area contributed by atoms with E-state index in [1.54, 1.807) is 37.3 Å². The van der Waals surface area contributed by atoms with E-state index in [0.29, 0.717) is 46.2 Å². The molecular formula is C23H19ClFN3O3. The Hall–Kier alpha value is -3.45. The zero-order chi connectivity index (χ0) is 22.0. The third-order valence-electron chi connectivity index (χ3n) is 5.04. The Morgan fingerprint density at radius 3 is 2.55 bits per heavy atom. The van der Waals surface area contributed by atoms with E-state index in [1.807, 2.05) is 0 Å². The summed E-state index contributed by atoms with van der Waals surface area (Å²) in [5, 5.41) is 7.57. The summed E-state index contributed by atoms with van der Waals surface area (Å²) in [5.41, 5.74) is 4.86. The van der Waals surface area contributed by atoms with E-state index < -0.39 is 11.7 Å². The molecule has 31 heavy (non-hydrogen) atoms. The summed E-state index contributed by atoms with van der Waals surface area (Å²) in [4.78, 5) is 25.0. The molecule has 1 aromatic heterocycles. The first-order chi connectivity index (χ1) is 14.9. The van der Waals surface area contributed by atoms with Gasteiger partial charge in [-0.25, -0.2) is 9.82 Å². The minimum Gasteiger partial charge on any atom is -0.455 e. The number of carbonyl (C=O) groups excluding carboxylic acids is 2. The van der Waals surface area contributed by atoms with Gasteiger partial charge in [0.05, 0.1) is 11.3 Å². The molecule has 6 nitrogen and oxygen atoms in total. The molecular weight excluding hydrogens is 421 g/mol. The molecule has 0 aliphatic heterocycles. The van der Waals surface area contributed by atoms with Gasteiger partial charge in [-0.15, -0.1) is 0 Å². The number of anilines is 1. The lowest BCUT2D eigenvalue weighted by Crippen LogP contribution is -2.23. The lowest BCUT2D eigenvalue weighted by Gasteiger charge is -2.13. The Labute approximate surface area is 183 Å². The molecule has 0 spiro atoms. The number of amides is 2. The largest absolute Gasteiger partial charge is 0.455 e. The number of halogens is 2. The fourth-order valence-corrected chi connectivity index (χ4v) is 3.67. The van der Waals surface area contributed by atoms with Crippen LogP contribution in [0, 0.1) is 12.7 Å². The van der Waals surface area contributed by atoms with Crippen LogP contribution < -0.4 is 10.7 Å². The van der Waals surface area contributed by atoms with Gasteiger partial charge in [0.25, 0.3) is 11.8 Å². The maximum Gasteiger partial charge on any atom is 0.291 e. The summed E-state index contributed by atoms with van der Waals surface area (Å²) in [7, 11) is 0. The minimum absolute atomic E-state index is 0.0881. The van der Waals surface area contributed by atoms with Crippen molar-refractivity contribution < 1.29 is 18.4 Å². The molecule has 1 heterocycles. The second-order valence-corrected chi connectivity index (χ2v) is 7.58. The van der Waals surface area contributed by atoms with Crippen molar-refractivity contribution in [2.75, 3.05) is 5.32 Å². The molecule has 0 atom stereocenters. The SMILES string of the molecule is Cc1c(C(=O)Nc2ccc(Cl)cc2)oc2c1/C(=N/NC(=O)c1ccccc1F)CCC2. The molecule has 2 aromatic carbocycles. The number of carbonyl (C=O) groups is 2. The first-order valence-electron chi connectivity index (χ1n) is 9.75. The Kier molecular flexibility index (Phi) is 5.86. The van der Waals surface area contributed by atoms with E-state index in [-0.39, 0.29) is 17.2 Å². The van der Waals surface area contributed by atoms with Gasteiger partial charge in [-0.3, -0.25) is 9.59 Å². The summed E-state index contributed by atoms with van der Waals surface area (Å²) in [6.07, 6.45) is 2.01. The Morgan fingerprint density at radius 1 is 1.06 bits per heavy atom. The van der Waals surface area contributed by atoms with Crippen LogP contribution in [0.5, 0.6) is 0 Å². The molecule has 0 radical (unpaired) electrons. The van der Waals surface area contributed by atoms with Crippen LogP contribution >= 0.6 is 11.6 Å². The van der Waals surface area contributed by atoms with Crippen LogP contribution in [0.15, 0.2) is 58.0 Å². The van der Waals surface area contributed by atoms with Crippen molar-refractivity contribution in [1.29, 1.82) is 0 Å². The maximum absolute atomic E-state index is 13.8. The number of hydrogen-bond donors (Lipinski definition) is 2. The van der Waals surface area contributed by atoms with E-state index in [2.05, 4.69) is 15.8 Å². The molecule has 1 aliphatic rings. The van der Waals surface area contributed by atoms with Crippen LogP contribution in [0.4, 0.5) is 10.1 Å². The smallest absolute Gasteiger partial charge is 0.291 e. The highest BCUT2D eigenvalue weighted by Gasteiger charge is 2.28. The topological polar surface area (TPSA) is 83.7 Å². The molecule has 2 amide bonds. The molecule has 8 heteroatoms. The average molecular weight is 440 g/mol. The molecule has 0 bridgehead atoms. The zero-order valence-corrected chi connectivity index (χ0v) is 17.4. The standard InChI is InChI=1S/C23H19ClFN3O3/c1-13-20-18(27-28-22(29)16-5-2-3-6-17(16)25)7-4-8-19(20)31-21(13)23(30)26-15-11-9-14(24)10-12-15/h2-3,5-6,9-12H,4,7-8H2,1H3,(H,26,30)(H,28,29)/b27-18+. The number of nitrogens with one attached hydrogen (secondary N) is 2. The number of rotatable bonds is 4. The van der Waals surface area contributed by atoms with Crippen molar-refractivity contribution in [3.8, 4) is 0 Å². The molecule has 3 aromatic rings. The molecule has 1 aliphatic carbocycles. The summed E-state index contributed by atoms with van der Waals surface area (Å²) in [5.74, 6) is -0.812. The zero-order valence-electron chi connectivity index (χ0n) is 16.7. The van der Waals surface area contributed by atoms with E-state index in [0.717, 1.165) is 6.42 Å². The molecule has 158 valence electrons.